The van der Waals surface area contributed by atoms with E-state index in [-0.39, 0.29) is 11.4 Å². The Morgan fingerprint density at radius 2 is 1.88 bits per heavy atom. The van der Waals surface area contributed by atoms with E-state index in [9.17, 15) is 23.1 Å². The molecule has 0 bridgehead atoms. The van der Waals surface area contributed by atoms with Crippen LogP contribution in [0.4, 0.5) is 5.69 Å². The smallest absolute Gasteiger partial charge is 0.269 e. The lowest BCUT2D eigenvalue weighted by molar-refractivity contribution is -0.384. The monoisotopic (exact) mass is 264 g/mol. The molecule has 1 aromatic carbocycles. The van der Waals surface area contributed by atoms with Crippen LogP contribution in [0.1, 0.15) is 5.56 Å². The highest BCUT2D eigenvalue weighted by molar-refractivity contribution is 8.02. The molecule has 0 spiro atoms. The van der Waals surface area contributed by atoms with Gasteiger partial charge in [0, 0.05) is 29.9 Å². The van der Waals surface area contributed by atoms with Crippen LogP contribution in [-0.2, 0) is 19.8 Å². The van der Waals surface area contributed by atoms with Crippen molar-refractivity contribution >= 4 is 28.1 Å². The molecule has 0 amide bonds. The summed E-state index contributed by atoms with van der Waals surface area (Å²) in [6.07, 6.45) is 0. The van der Waals surface area contributed by atoms with Crippen molar-refractivity contribution in [2.75, 3.05) is 0 Å². The van der Waals surface area contributed by atoms with Gasteiger partial charge in [0.1, 0.15) is 0 Å². The lowest BCUT2D eigenvalue weighted by atomic mass is 10.2. The Balaban J connectivity index is 2.53. The second kappa shape index (κ2) is 5.25. The van der Waals surface area contributed by atoms with Gasteiger partial charge in [-0.3, -0.25) is 10.1 Å². The molecule has 1 aromatic rings. The fourth-order valence-corrected chi connectivity index (χ4v) is 1.86. The molecule has 7 nitrogen and oxygen atoms in total. The third kappa shape index (κ3) is 4.57. The maximum Gasteiger partial charge on any atom is 0.269 e. The molecule has 1 rings (SSSR count). The van der Waals surface area contributed by atoms with Crippen LogP contribution in [0.5, 0.6) is 0 Å². The van der Waals surface area contributed by atoms with E-state index in [1.807, 2.05) is 0 Å². The molecule has 0 aliphatic rings. The van der Waals surface area contributed by atoms with Gasteiger partial charge in [-0.1, -0.05) is 12.1 Å². The summed E-state index contributed by atoms with van der Waals surface area (Å²) in [5, 5.41) is 10.3. The number of nitro benzene ring substituents is 1. The lowest BCUT2D eigenvalue weighted by Gasteiger charge is -2.05. The fraction of sp³-hybridized carbons (Fsp3) is 0.143. The number of nitro groups is 1. The summed E-state index contributed by atoms with van der Waals surface area (Å²) >= 11 is 0.457. The Morgan fingerprint density at radius 3 is 2.31 bits per heavy atom. The van der Waals surface area contributed by atoms with E-state index in [4.69, 9.17) is 0 Å². The van der Waals surface area contributed by atoms with E-state index >= 15 is 0 Å². The molecule has 0 radical (unpaired) electrons. The van der Waals surface area contributed by atoms with Crippen molar-refractivity contribution < 1.29 is 21.5 Å². The van der Waals surface area contributed by atoms with Gasteiger partial charge in [0.25, 0.3) is 5.69 Å². The average molecular weight is 264 g/mol. The standard InChI is InChI=1S/C7H7NO6S2/c9-8(10)7-3-1-6(2-4-7)5-15-14-16(11,12)13/h1-4H,5H2,(H,11,12,13)/p-1. The molecular formula is C7H6NO6S2-. The molecule has 0 aliphatic carbocycles. The molecule has 0 aliphatic heterocycles. The minimum Gasteiger partial charge on any atom is -0.725 e. The summed E-state index contributed by atoms with van der Waals surface area (Å²) in [7, 11) is -4.71. The first kappa shape index (κ1) is 12.9. The van der Waals surface area contributed by atoms with Crippen LogP contribution >= 0.6 is 12.0 Å². The van der Waals surface area contributed by atoms with E-state index in [0.29, 0.717) is 17.6 Å². The molecule has 0 fully saturated rings. The number of hydrogen-bond acceptors (Lipinski definition) is 7. The minimum atomic E-state index is -4.71. The Morgan fingerprint density at radius 1 is 1.31 bits per heavy atom. The largest absolute Gasteiger partial charge is 0.725 e. The van der Waals surface area contributed by atoms with Crippen LogP contribution < -0.4 is 0 Å². The second-order valence-electron chi connectivity index (χ2n) is 2.66. The number of hydrogen-bond donors (Lipinski definition) is 0. The predicted octanol–water partition coefficient (Wildman–Crippen LogP) is 1.22. The van der Waals surface area contributed by atoms with Gasteiger partial charge in [0.2, 0.25) is 10.4 Å². The highest BCUT2D eigenvalue weighted by atomic mass is 32.3. The van der Waals surface area contributed by atoms with Crippen LogP contribution in [0.25, 0.3) is 0 Å². The first-order valence-electron chi connectivity index (χ1n) is 3.89. The fourth-order valence-electron chi connectivity index (χ4n) is 0.865. The summed E-state index contributed by atoms with van der Waals surface area (Å²) < 4.78 is 34.1. The SMILES string of the molecule is O=[N+]([O-])c1ccc(CSOS(=O)(=O)[O-])cc1. The van der Waals surface area contributed by atoms with Crippen molar-refractivity contribution in [2.45, 2.75) is 5.75 Å². The maximum absolute atomic E-state index is 10.3. The van der Waals surface area contributed by atoms with Crippen LogP contribution in [0.15, 0.2) is 24.3 Å². The second-order valence-corrected chi connectivity index (χ2v) is 4.55. The maximum atomic E-state index is 10.3. The predicted molar refractivity (Wildman–Crippen MR) is 55.2 cm³/mol. The minimum absolute atomic E-state index is 0.0638. The molecule has 0 unspecified atom stereocenters. The Bertz CT molecular complexity index is 468. The zero-order valence-corrected chi connectivity index (χ0v) is 9.36. The topological polar surface area (TPSA) is 110 Å². The van der Waals surface area contributed by atoms with Crippen molar-refractivity contribution in [3.63, 3.8) is 0 Å². The van der Waals surface area contributed by atoms with E-state index in [2.05, 4.69) is 3.63 Å². The third-order valence-electron chi connectivity index (χ3n) is 1.50. The van der Waals surface area contributed by atoms with Crippen molar-refractivity contribution in [1.82, 2.24) is 0 Å². The molecule has 16 heavy (non-hydrogen) atoms. The molecule has 0 saturated heterocycles. The number of nitrogens with zero attached hydrogens (tertiary/aromatic N) is 1. The van der Waals surface area contributed by atoms with Gasteiger partial charge in [0.15, 0.2) is 0 Å². The lowest BCUT2D eigenvalue weighted by Crippen LogP contribution is -1.97. The molecule has 0 heterocycles. The number of non-ortho nitro benzene ring substituents is 1. The van der Waals surface area contributed by atoms with Gasteiger partial charge in [-0.25, -0.2) is 12.0 Å². The first-order valence-corrected chi connectivity index (χ1v) is 6.13. The normalized spacial score (nSPS) is 11.3. The summed E-state index contributed by atoms with van der Waals surface area (Å²) in [6, 6.07) is 5.46. The molecule has 0 N–H and O–H groups in total. The van der Waals surface area contributed by atoms with Crippen LogP contribution in [-0.4, -0.2) is 17.9 Å². The number of rotatable bonds is 5. The van der Waals surface area contributed by atoms with Crippen LogP contribution in [0.2, 0.25) is 0 Å². The Labute approximate surface area is 95.7 Å². The van der Waals surface area contributed by atoms with Gasteiger partial charge in [-0.2, -0.15) is 0 Å². The molecule has 88 valence electrons. The van der Waals surface area contributed by atoms with Crippen molar-refractivity contribution in [1.29, 1.82) is 0 Å². The summed E-state index contributed by atoms with van der Waals surface area (Å²) in [4.78, 5) is 9.77. The van der Waals surface area contributed by atoms with E-state index in [1.165, 1.54) is 24.3 Å². The van der Waals surface area contributed by atoms with Crippen molar-refractivity contribution in [3.8, 4) is 0 Å². The summed E-state index contributed by atoms with van der Waals surface area (Å²) in [5.41, 5.74) is 0.547. The van der Waals surface area contributed by atoms with Gasteiger partial charge in [-0.15, -0.1) is 0 Å². The highest BCUT2D eigenvalue weighted by Crippen LogP contribution is 2.18. The van der Waals surface area contributed by atoms with Gasteiger partial charge in [0.05, 0.1) is 4.92 Å². The van der Waals surface area contributed by atoms with Gasteiger partial charge < -0.3 is 4.55 Å². The van der Waals surface area contributed by atoms with Gasteiger partial charge in [-0.05, 0) is 5.56 Å². The van der Waals surface area contributed by atoms with Crippen LogP contribution in [0, 0.1) is 10.1 Å². The Kier molecular flexibility index (Phi) is 4.24. The quantitative estimate of drug-likeness (QED) is 0.258. The van der Waals surface area contributed by atoms with E-state index in [1.54, 1.807) is 0 Å². The zero-order chi connectivity index (χ0) is 12.2. The average Bonchev–Trinajstić information content (AvgIpc) is 2.16. The van der Waals surface area contributed by atoms with E-state index in [0.717, 1.165) is 0 Å². The molecule has 9 heteroatoms. The molecule has 0 aromatic heterocycles. The van der Waals surface area contributed by atoms with E-state index < -0.39 is 15.3 Å². The Hall–Kier alpha value is -1.16. The zero-order valence-electron chi connectivity index (χ0n) is 7.73. The first-order chi connectivity index (χ1) is 7.38. The summed E-state index contributed by atoms with van der Waals surface area (Å²) in [5.74, 6) is 0.111. The molecule has 0 atom stereocenters. The molecular weight excluding hydrogens is 258 g/mol. The number of benzene rings is 1. The van der Waals surface area contributed by atoms with Crippen LogP contribution in [0.3, 0.4) is 0 Å². The summed E-state index contributed by atoms with van der Waals surface area (Å²) in [6.45, 7) is 0. The van der Waals surface area contributed by atoms with Crippen molar-refractivity contribution in [3.05, 3.63) is 39.9 Å². The van der Waals surface area contributed by atoms with Gasteiger partial charge >= 0.3 is 0 Å². The van der Waals surface area contributed by atoms with Crippen molar-refractivity contribution in [2.24, 2.45) is 0 Å². The third-order valence-corrected chi connectivity index (χ3v) is 3.01. The highest BCUT2D eigenvalue weighted by Gasteiger charge is 2.04. The molecule has 0 saturated carbocycles.